The highest BCUT2D eigenvalue weighted by molar-refractivity contribution is 8.14. The van der Waals surface area contributed by atoms with E-state index in [1.807, 2.05) is 23.9 Å². The molecule has 0 atom stereocenters. The second-order valence-corrected chi connectivity index (χ2v) is 5.69. The van der Waals surface area contributed by atoms with Crippen molar-refractivity contribution in [3.63, 3.8) is 0 Å². The summed E-state index contributed by atoms with van der Waals surface area (Å²) >= 11 is 1.82. The molecule has 4 nitrogen and oxygen atoms in total. The van der Waals surface area contributed by atoms with Crippen molar-refractivity contribution in [3.05, 3.63) is 23.9 Å². The number of ether oxygens (including phenoxy) is 1. The Hall–Kier alpha value is -1.23. The molecule has 104 valence electrons. The van der Waals surface area contributed by atoms with Crippen LogP contribution in [0.15, 0.2) is 23.3 Å². The molecule has 1 saturated heterocycles. The van der Waals surface area contributed by atoms with Crippen LogP contribution < -0.4 is 10.1 Å². The number of methoxy groups -OCH3 is 1. The number of aliphatic imine (C=N–C) groups is 1. The largest absolute Gasteiger partial charge is 0.481 e. The van der Waals surface area contributed by atoms with Gasteiger partial charge in [0, 0.05) is 23.6 Å². The number of hydrogen-bond acceptors (Lipinski definition) is 4. The van der Waals surface area contributed by atoms with E-state index in [4.69, 9.17) is 4.74 Å². The van der Waals surface area contributed by atoms with E-state index in [1.165, 1.54) is 0 Å². The number of rotatable bonds is 5. The molecule has 2 rings (SSSR count). The number of aromatic nitrogens is 1. The maximum atomic E-state index is 5.11. The Kier molecular flexibility index (Phi) is 4.69. The Labute approximate surface area is 119 Å². The van der Waals surface area contributed by atoms with Crippen LogP contribution in [0, 0.1) is 0 Å². The second-order valence-electron chi connectivity index (χ2n) is 4.73. The SMILES string of the molecule is CCC1(CC)CSC(=NCc2ccnc(OC)c2)N1. The Morgan fingerprint density at radius 1 is 1.47 bits per heavy atom. The summed E-state index contributed by atoms with van der Waals surface area (Å²) in [5.74, 6) is 1.75. The molecule has 0 unspecified atom stereocenters. The summed E-state index contributed by atoms with van der Waals surface area (Å²) in [6, 6.07) is 3.90. The molecule has 0 amide bonds. The van der Waals surface area contributed by atoms with Gasteiger partial charge in [0.15, 0.2) is 5.17 Å². The van der Waals surface area contributed by atoms with Gasteiger partial charge >= 0.3 is 0 Å². The number of nitrogens with one attached hydrogen (secondary N) is 1. The first-order chi connectivity index (χ1) is 9.21. The van der Waals surface area contributed by atoms with Gasteiger partial charge in [0.2, 0.25) is 5.88 Å². The lowest BCUT2D eigenvalue weighted by Crippen LogP contribution is -2.42. The zero-order valence-corrected chi connectivity index (χ0v) is 12.6. The first-order valence-electron chi connectivity index (χ1n) is 6.65. The predicted octanol–water partition coefficient (Wildman–Crippen LogP) is 2.84. The molecule has 2 heterocycles. The van der Waals surface area contributed by atoms with E-state index in [0.717, 1.165) is 29.3 Å². The van der Waals surface area contributed by atoms with Crippen LogP contribution in [0.5, 0.6) is 5.88 Å². The molecule has 19 heavy (non-hydrogen) atoms. The zero-order chi connectivity index (χ0) is 13.7. The topological polar surface area (TPSA) is 46.5 Å². The third kappa shape index (κ3) is 3.41. The molecule has 1 aliphatic heterocycles. The Morgan fingerprint density at radius 3 is 2.89 bits per heavy atom. The monoisotopic (exact) mass is 279 g/mol. The summed E-state index contributed by atoms with van der Waals surface area (Å²) in [5.41, 5.74) is 1.35. The molecular weight excluding hydrogens is 258 g/mol. The van der Waals surface area contributed by atoms with E-state index >= 15 is 0 Å². The molecular formula is C14H21N3OS. The minimum Gasteiger partial charge on any atom is -0.481 e. The fourth-order valence-electron chi connectivity index (χ4n) is 2.05. The van der Waals surface area contributed by atoms with Gasteiger partial charge in [0.25, 0.3) is 0 Å². The highest BCUT2D eigenvalue weighted by Crippen LogP contribution is 2.29. The van der Waals surface area contributed by atoms with Crippen molar-refractivity contribution < 1.29 is 4.74 Å². The summed E-state index contributed by atoms with van der Waals surface area (Å²) in [5, 5.41) is 4.62. The number of hydrogen-bond donors (Lipinski definition) is 1. The molecule has 1 aromatic heterocycles. The lowest BCUT2D eigenvalue weighted by Gasteiger charge is -2.25. The van der Waals surface area contributed by atoms with Gasteiger partial charge in [-0.3, -0.25) is 4.99 Å². The van der Waals surface area contributed by atoms with E-state index in [0.29, 0.717) is 12.4 Å². The summed E-state index contributed by atoms with van der Waals surface area (Å²) < 4.78 is 5.11. The van der Waals surface area contributed by atoms with E-state index in [-0.39, 0.29) is 5.54 Å². The number of pyridine rings is 1. The number of amidine groups is 1. The van der Waals surface area contributed by atoms with Crippen LogP contribution in [0.3, 0.4) is 0 Å². The van der Waals surface area contributed by atoms with Crippen LogP contribution in [0.2, 0.25) is 0 Å². The predicted molar refractivity (Wildman–Crippen MR) is 80.8 cm³/mol. The van der Waals surface area contributed by atoms with Crippen LogP contribution in [-0.2, 0) is 6.54 Å². The minimum absolute atomic E-state index is 0.236. The molecule has 0 radical (unpaired) electrons. The van der Waals surface area contributed by atoms with Gasteiger partial charge in [-0.25, -0.2) is 4.98 Å². The quantitative estimate of drug-likeness (QED) is 0.900. The summed E-state index contributed by atoms with van der Waals surface area (Å²) in [6.07, 6.45) is 4.03. The average molecular weight is 279 g/mol. The summed E-state index contributed by atoms with van der Waals surface area (Å²) in [7, 11) is 1.63. The van der Waals surface area contributed by atoms with Gasteiger partial charge in [0.05, 0.1) is 13.7 Å². The van der Waals surface area contributed by atoms with Gasteiger partial charge in [0.1, 0.15) is 0 Å². The Morgan fingerprint density at radius 2 is 2.26 bits per heavy atom. The van der Waals surface area contributed by atoms with E-state index in [9.17, 15) is 0 Å². The van der Waals surface area contributed by atoms with Crippen molar-refractivity contribution in [2.24, 2.45) is 4.99 Å². The molecule has 0 aromatic carbocycles. The van der Waals surface area contributed by atoms with Crippen LogP contribution in [0.4, 0.5) is 0 Å². The Bertz CT molecular complexity index is 458. The second kappa shape index (κ2) is 6.28. The van der Waals surface area contributed by atoms with Crippen LogP contribution >= 0.6 is 11.8 Å². The lowest BCUT2D eigenvalue weighted by atomic mass is 9.96. The maximum absolute atomic E-state index is 5.11. The molecule has 1 aromatic rings. The van der Waals surface area contributed by atoms with Crippen LogP contribution in [0.25, 0.3) is 0 Å². The van der Waals surface area contributed by atoms with Crippen molar-refractivity contribution in [1.82, 2.24) is 10.3 Å². The summed E-state index contributed by atoms with van der Waals surface area (Å²) in [6.45, 7) is 5.12. The molecule has 1 fully saturated rings. The van der Waals surface area contributed by atoms with Gasteiger partial charge in [-0.2, -0.15) is 0 Å². The third-order valence-corrected chi connectivity index (χ3v) is 4.83. The van der Waals surface area contributed by atoms with E-state index < -0.39 is 0 Å². The van der Waals surface area contributed by atoms with Crippen molar-refractivity contribution in [2.75, 3.05) is 12.9 Å². The number of thioether (sulfide) groups is 1. The molecule has 0 spiro atoms. The van der Waals surface area contributed by atoms with Crippen molar-refractivity contribution in [2.45, 2.75) is 38.8 Å². The number of nitrogens with zero attached hydrogens (tertiary/aromatic N) is 2. The molecule has 0 bridgehead atoms. The maximum Gasteiger partial charge on any atom is 0.213 e. The first-order valence-corrected chi connectivity index (χ1v) is 7.64. The lowest BCUT2D eigenvalue weighted by molar-refractivity contribution is 0.397. The molecule has 1 aliphatic rings. The molecule has 5 heteroatoms. The average Bonchev–Trinajstić information content (AvgIpc) is 2.90. The zero-order valence-electron chi connectivity index (χ0n) is 11.8. The van der Waals surface area contributed by atoms with Crippen LogP contribution in [-0.4, -0.2) is 28.6 Å². The van der Waals surface area contributed by atoms with Crippen LogP contribution in [0.1, 0.15) is 32.3 Å². The fraction of sp³-hybridized carbons (Fsp3) is 0.571. The smallest absolute Gasteiger partial charge is 0.213 e. The van der Waals surface area contributed by atoms with Gasteiger partial charge in [-0.15, -0.1) is 0 Å². The first kappa shape index (κ1) is 14.2. The Balaban J connectivity index is 2.00. The molecule has 0 aliphatic carbocycles. The van der Waals surface area contributed by atoms with Gasteiger partial charge < -0.3 is 10.1 Å². The highest BCUT2D eigenvalue weighted by atomic mass is 32.2. The minimum atomic E-state index is 0.236. The fourth-order valence-corrected chi connectivity index (χ4v) is 3.38. The van der Waals surface area contributed by atoms with Crippen molar-refractivity contribution in [3.8, 4) is 5.88 Å². The highest BCUT2D eigenvalue weighted by Gasteiger charge is 2.33. The van der Waals surface area contributed by atoms with Gasteiger partial charge in [-0.1, -0.05) is 25.6 Å². The van der Waals surface area contributed by atoms with Crippen molar-refractivity contribution >= 4 is 16.9 Å². The third-order valence-electron chi connectivity index (χ3n) is 3.62. The normalized spacial score (nSPS) is 19.4. The van der Waals surface area contributed by atoms with Crippen molar-refractivity contribution in [1.29, 1.82) is 0 Å². The molecule has 0 saturated carbocycles. The van der Waals surface area contributed by atoms with E-state index in [2.05, 4.69) is 29.1 Å². The van der Waals surface area contributed by atoms with E-state index in [1.54, 1.807) is 13.3 Å². The standard InChI is InChI=1S/C14H21N3OS/c1-4-14(5-2)10-19-13(17-14)16-9-11-6-7-15-12(8-11)18-3/h6-8H,4-5,9-10H2,1-3H3,(H,16,17). The molecule has 1 N–H and O–H groups in total. The summed E-state index contributed by atoms with van der Waals surface area (Å²) in [4.78, 5) is 8.74. The van der Waals surface area contributed by atoms with Gasteiger partial charge in [-0.05, 0) is 24.5 Å².